The number of carbonyl (C=O) groups is 2. The van der Waals surface area contributed by atoms with Gasteiger partial charge in [-0.2, -0.15) is 0 Å². The second kappa shape index (κ2) is 8.12. The van der Waals surface area contributed by atoms with Crippen LogP contribution in [0.1, 0.15) is 20.7 Å². The van der Waals surface area contributed by atoms with Crippen LogP contribution in [-0.2, 0) is 0 Å². The van der Waals surface area contributed by atoms with E-state index in [2.05, 4.69) is 0 Å². The molecule has 4 nitrogen and oxygen atoms in total. The molecule has 26 heavy (non-hydrogen) atoms. The molecule has 130 valence electrons. The Labute approximate surface area is 158 Å². The molecular weight excluding hydrogens is 368 g/mol. The summed E-state index contributed by atoms with van der Waals surface area (Å²) in [4.78, 5) is 26.1. The van der Waals surface area contributed by atoms with Gasteiger partial charge in [-0.05, 0) is 36.4 Å². The highest BCUT2D eigenvalue weighted by Crippen LogP contribution is 2.38. The Bertz CT molecular complexity index is 866. The van der Waals surface area contributed by atoms with Crippen LogP contribution in [0.25, 0.3) is 0 Å². The van der Waals surface area contributed by atoms with Crippen molar-refractivity contribution in [3.05, 3.63) is 83.9 Å². The maximum atomic E-state index is 11.6. The molecule has 0 heterocycles. The number of aromatic carboxylic acids is 2. The molecule has 0 saturated heterocycles. The lowest BCUT2D eigenvalue weighted by molar-refractivity contribution is 0.0693. The van der Waals surface area contributed by atoms with Crippen molar-refractivity contribution in [2.24, 2.45) is 0 Å². The van der Waals surface area contributed by atoms with Gasteiger partial charge in [0.05, 0.1) is 11.1 Å². The minimum atomic E-state index is -1.15. The number of hydrogen-bond acceptors (Lipinski definition) is 4. The monoisotopic (exact) mass is 382 g/mol. The predicted octanol–water partition coefficient (Wildman–Crippen LogP) is 5.39. The lowest BCUT2D eigenvalue weighted by Gasteiger charge is -2.12. The number of carboxylic acid groups (broad SMARTS) is 2. The van der Waals surface area contributed by atoms with E-state index in [1.165, 1.54) is 29.6 Å². The summed E-state index contributed by atoms with van der Waals surface area (Å²) >= 11 is 2.60. The van der Waals surface area contributed by atoms with E-state index in [0.29, 0.717) is 9.79 Å². The van der Waals surface area contributed by atoms with Gasteiger partial charge in [0, 0.05) is 19.6 Å². The first kappa shape index (κ1) is 18.1. The van der Waals surface area contributed by atoms with Gasteiger partial charge >= 0.3 is 11.9 Å². The topological polar surface area (TPSA) is 74.6 Å². The van der Waals surface area contributed by atoms with Crippen molar-refractivity contribution in [1.82, 2.24) is 0 Å². The van der Waals surface area contributed by atoms with E-state index in [4.69, 9.17) is 0 Å². The highest BCUT2D eigenvalue weighted by Gasteiger charge is 2.20. The van der Waals surface area contributed by atoms with Gasteiger partial charge in [0.15, 0.2) is 0 Å². The largest absolute Gasteiger partial charge is 0.478 e. The molecule has 0 atom stereocenters. The van der Waals surface area contributed by atoms with Crippen molar-refractivity contribution in [2.75, 3.05) is 0 Å². The fourth-order valence-corrected chi connectivity index (χ4v) is 4.33. The average molecular weight is 382 g/mol. The third-order valence-electron chi connectivity index (χ3n) is 3.48. The molecule has 0 bridgehead atoms. The molecule has 0 amide bonds. The van der Waals surface area contributed by atoms with Crippen LogP contribution in [-0.4, -0.2) is 22.2 Å². The zero-order chi connectivity index (χ0) is 18.5. The molecule has 0 aliphatic heterocycles. The molecule has 2 N–H and O–H groups in total. The van der Waals surface area contributed by atoms with Gasteiger partial charge in [0.25, 0.3) is 0 Å². The Morgan fingerprint density at radius 1 is 0.615 bits per heavy atom. The molecule has 0 aliphatic rings. The van der Waals surface area contributed by atoms with Crippen LogP contribution in [0, 0.1) is 0 Å². The maximum Gasteiger partial charge on any atom is 0.336 e. The predicted molar refractivity (Wildman–Crippen MR) is 101 cm³/mol. The Hall–Kier alpha value is -2.70. The summed E-state index contributed by atoms with van der Waals surface area (Å²) in [6.07, 6.45) is 0. The fourth-order valence-electron chi connectivity index (χ4n) is 2.30. The van der Waals surface area contributed by atoms with Gasteiger partial charge in [-0.15, -0.1) is 0 Å². The van der Waals surface area contributed by atoms with Crippen LogP contribution in [0.5, 0.6) is 0 Å². The first-order chi connectivity index (χ1) is 12.5. The number of carboxylic acids is 2. The molecule has 0 spiro atoms. The zero-order valence-electron chi connectivity index (χ0n) is 13.5. The average Bonchev–Trinajstić information content (AvgIpc) is 2.63. The molecule has 6 heteroatoms. The van der Waals surface area contributed by atoms with E-state index in [1.807, 2.05) is 60.7 Å². The molecule has 0 saturated carbocycles. The van der Waals surface area contributed by atoms with Gasteiger partial charge in [-0.1, -0.05) is 59.9 Å². The Morgan fingerprint density at radius 2 is 1.00 bits per heavy atom. The second-order valence-corrected chi connectivity index (χ2v) is 7.52. The van der Waals surface area contributed by atoms with Crippen molar-refractivity contribution in [3.8, 4) is 0 Å². The SMILES string of the molecule is O=C(O)c1cc(C(=O)O)c(Sc2ccccc2)cc1Sc1ccccc1. The molecule has 0 unspecified atom stereocenters. The first-order valence-electron chi connectivity index (χ1n) is 7.65. The van der Waals surface area contributed by atoms with Crippen molar-refractivity contribution < 1.29 is 19.8 Å². The van der Waals surface area contributed by atoms with Gasteiger partial charge in [-0.3, -0.25) is 0 Å². The zero-order valence-corrected chi connectivity index (χ0v) is 15.1. The van der Waals surface area contributed by atoms with E-state index < -0.39 is 11.9 Å². The standard InChI is InChI=1S/C20H14O4S2/c21-19(22)15-11-16(20(23)24)18(26-14-9-5-2-6-10-14)12-17(15)25-13-7-3-1-4-8-13/h1-12H,(H,21,22)(H,23,24). The van der Waals surface area contributed by atoms with E-state index in [0.717, 1.165) is 9.79 Å². The minimum absolute atomic E-state index is 0.0198. The van der Waals surface area contributed by atoms with Gasteiger partial charge < -0.3 is 10.2 Å². The smallest absolute Gasteiger partial charge is 0.336 e. The molecule has 0 fully saturated rings. The summed E-state index contributed by atoms with van der Waals surface area (Å²) in [5.74, 6) is -2.30. The summed E-state index contributed by atoms with van der Waals surface area (Å²) < 4.78 is 0. The number of benzene rings is 3. The number of hydrogen-bond donors (Lipinski definition) is 2. The summed E-state index contributed by atoms with van der Waals surface area (Å²) in [5.41, 5.74) is -0.0395. The van der Waals surface area contributed by atoms with Crippen molar-refractivity contribution in [1.29, 1.82) is 0 Å². The first-order valence-corrected chi connectivity index (χ1v) is 9.28. The lowest BCUT2D eigenvalue weighted by Crippen LogP contribution is -2.06. The van der Waals surface area contributed by atoms with Crippen LogP contribution < -0.4 is 0 Å². The summed E-state index contributed by atoms with van der Waals surface area (Å²) in [6.45, 7) is 0. The Kier molecular flexibility index (Phi) is 5.65. The molecule has 0 aliphatic carbocycles. The minimum Gasteiger partial charge on any atom is -0.478 e. The quantitative estimate of drug-likeness (QED) is 0.596. The molecule has 0 radical (unpaired) electrons. The van der Waals surface area contributed by atoms with Crippen LogP contribution in [0.2, 0.25) is 0 Å². The highest BCUT2D eigenvalue weighted by atomic mass is 32.2. The van der Waals surface area contributed by atoms with E-state index in [-0.39, 0.29) is 11.1 Å². The Morgan fingerprint density at radius 3 is 1.35 bits per heavy atom. The molecular formula is C20H14O4S2. The van der Waals surface area contributed by atoms with E-state index in [9.17, 15) is 19.8 Å². The molecule has 3 rings (SSSR count). The second-order valence-electron chi connectivity index (χ2n) is 5.29. The van der Waals surface area contributed by atoms with Crippen LogP contribution in [0.15, 0.2) is 92.4 Å². The lowest BCUT2D eigenvalue weighted by atomic mass is 10.1. The van der Waals surface area contributed by atoms with Gasteiger partial charge in [-0.25, -0.2) is 9.59 Å². The van der Waals surface area contributed by atoms with Crippen LogP contribution in [0.3, 0.4) is 0 Å². The third-order valence-corrected chi connectivity index (χ3v) is 5.62. The Balaban J connectivity index is 2.08. The molecule has 3 aromatic rings. The van der Waals surface area contributed by atoms with Crippen molar-refractivity contribution >= 4 is 35.5 Å². The molecule has 0 aromatic heterocycles. The maximum absolute atomic E-state index is 11.6. The fraction of sp³-hybridized carbons (Fsp3) is 0. The van der Waals surface area contributed by atoms with Crippen LogP contribution >= 0.6 is 23.5 Å². The highest BCUT2D eigenvalue weighted by molar-refractivity contribution is 8.00. The van der Waals surface area contributed by atoms with E-state index >= 15 is 0 Å². The summed E-state index contributed by atoms with van der Waals surface area (Å²) in [7, 11) is 0. The van der Waals surface area contributed by atoms with Gasteiger partial charge in [0.2, 0.25) is 0 Å². The molecule has 3 aromatic carbocycles. The van der Waals surface area contributed by atoms with Crippen LogP contribution in [0.4, 0.5) is 0 Å². The normalized spacial score (nSPS) is 10.5. The summed E-state index contributed by atoms with van der Waals surface area (Å²) in [6, 6.07) is 21.6. The van der Waals surface area contributed by atoms with Crippen molar-refractivity contribution in [3.63, 3.8) is 0 Å². The van der Waals surface area contributed by atoms with E-state index in [1.54, 1.807) is 6.07 Å². The third kappa shape index (κ3) is 4.28. The van der Waals surface area contributed by atoms with Gasteiger partial charge in [0.1, 0.15) is 0 Å². The summed E-state index contributed by atoms with van der Waals surface area (Å²) in [5, 5.41) is 19.0. The van der Waals surface area contributed by atoms with Crippen molar-refractivity contribution in [2.45, 2.75) is 19.6 Å². The number of rotatable bonds is 6.